The highest BCUT2D eigenvalue weighted by Crippen LogP contribution is 2.32. The summed E-state index contributed by atoms with van der Waals surface area (Å²) >= 11 is 11.9. The van der Waals surface area contributed by atoms with E-state index in [9.17, 15) is 13.6 Å². The van der Waals surface area contributed by atoms with Gasteiger partial charge in [-0.25, -0.2) is 14.2 Å². The molecular weight excluding hydrogens is 433 g/mol. The molecule has 3 aromatic rings. The molecular formula is C21H20Cl2F2N4O. The second-order valence-corrected chi connectivity index (χ2v) is 8.20. The van der Waals surface area contributed by atoms with Crippen LogP contribution in [0.4, 0.5) is 14.5 Å². The molecule has 1 heterocycles. The van der Waals surface area contributed by atoms with Crippen LogP contribution < -0.4 is 10.7 Å². The van der Waals surface area contributed by atoms with Crippen molar-refractivity contribution in [3.05, 3.63) is 81.6 Å². The predicted molar refractivity (Wildman–Crippen MR) is 115 cm³/mol. The minimum atomic E-state index is -0.826. The van der Waals surface area contributed by atoms with Gasteiger partial charge in [0.1, 0.15) is 17.7 Å². The van der Waals surface area contributed by atoms with Crippen LogP contribution in [0.25, 0.3) is 0 Å². The zero-order valence-electron chi connectivity index (χ0n) is 16.5. The van der Waals surface area contributed by atoms with Gasteiger partial charge in [-0.1, -0.05) is 37.0 Å². The summed E-state index contributed by atoms with van der Waals surface area (Å²) < 4.78 is 27.4. The Bertz CT molecular complexity index is 1060. The summed E-state index contributed by atoms with van der Waals surface area (Å²) in [6, 6.07) is 9.34. The first-order valence-corrected chi connectivity index (χ1v) is 9.87. The molecule has 0 aliphatic carbocycles. The highest BCUT2D eigenvalue weighted by molar-refractivity contribution is 6.42. The van der Waals surface area contributed by atoms with Crippen molar-refractivity contribution in [2.45, 2.75) is 32.2 Å². The van der Waals surface area contributed by atoms with Gasteiger partial charge in [0, 0.05) is 17.2 Å². The number of carbonyl (C=O) groups excluding carboxylic acids is 1. The maximum absolute atomic E-state index is 13.7. The second-order valence-electron chi connectivity index (χ2n) is 7.38. The number of aromatic nitrogens is 2. The van der Waals surface area contributed by atoms with E-state index >= 15 is 0 Å². The van der Waals surface area contributed by atoms with Crippen LogP contribution in [0.15, 0.2) is 48.7 Å². The number of carbonyl (C=O) groups is 1. The SMILES string of the molecule is CC(Nc1ccc(Cl)c(Cl)c1)C(=O)Nn1nccc1C(C)(C)c1cc(F)cc(F)c1. The maximum atomic E-state index is 13.7. The highest BCUT2D eigenvalue weighted by Gasteiger charge is 2.29. The molecule has 5 nitrogen and oxygen atoms in total. The van der Waals surface area contributed by atoms with Gasteiger partial charge in [-0.3, -0.25) is 4.79 Å². The number of hydrogen-bond acceptors (Lipinski definition) is 3. The Kier molecular flexibility index (Phi) is 6.33. The van der Waals surface area contributed by atoms with Crippen molar-refractivity contribution in [1.29, 1.82) is 0 Å². The molecule has 0 aliphatic heterocycles. The average Bonchev–Trinajstić information content (AvgIpc) is 3.13. The van der Waals surface area contributed by atoms with E-state index in [1.165, 1.54) is 23.1 Å². The average molecular weight is 453 g/mol. The van der Waals surface area contributed by atoms with Crippen molar-refractivity contribution < 1.29 is 13.6 Å². The summed E-state index contributed by atoms with van der Waals surface area (Å²) in [6.07, 6.45) is 1.50. The van der Waals surface area contributed by atoms with Crippen LogP contribution in [0.3, 0.4) is 0 Å². The summed E-state index contributed by atoms with van der Waals surface area (Å²) in [5.74, 6) is -1.72. The minimum Gasteiger partial charge on any atom is -0.374 e. The lowest BCUT2D eigenvalue weighted by Crippen LogP contribution is -2.39. The monoisotopic (exact) mass is 452 g/mol. The first kappa shape index (κ1) is 22.1. The van der Waals surface area contributed by atoms with Gasteiger partial charge in [-0.05, 0) is 48.9 Å². The molecule has 0 saturated carbocycles. The van der Waals surface area contributed by atoms with Gasteiger partial charge >= 0.3 is 0 Å². The van der Waals surface area contributed by atoms with E-state index in [1.54, 1.807) is 45.0 Å². The van der Waals surface area contributed by atoms with Crippen molar-refractivity contribution >= 4 is 34.8 Å². The van der Waals surface area contributed by atoms with Gasteiger partial charge in [-0.2, -0.15) is 9.89 Å². The number of nitrogens with one attached hydrogen (secondary N) is 2. The highest BCUT2D eigenvalue weighted by atomic mass is 35.5. The molecule has 30 heavy (non-hydrogen) atoms. The number of nitrogens with zero attached hydrogens (tertiary/aromatic N) is 2. The Morgan fingerprint density at radius 3 is 2.37 bits per heavy atom. The van der Waals surface area contributed by atoms with E-state index < -0.39 is 23.1 Å². The smallest absolute Gasteiger partial charge is 0.262 e. The largest absolute Gasteiger partial charge is 0.374 e. The Morgan fingerprint density at radius 2 is 1.73 bits per heavy atom. The van der Waals surface area contributed by atoms with Gasteiger partial charge < -0.3 is 5.32 Å². The number of rotatable bonds is 6. The van der Waals surface area contributed by atoms with Crippen molar-refractivity contribution in [1.82, 2.24) is 9.89 Å². The molecule has 9 heteroatoms. The lowest BCUT2D eigenvalue weighted by Gasteiger charge is -2.27. The molecule has 0 bridgehead atoms. The summed E-state index contributed by atoms with van der Waals surface area (Å²) in [7, 11) is 0. The van der Waals surface area contributed by atoms with Crippen molar-refractivity contribution in [3.8, 4) is 0 Å². The molecule has 1 aromatic heterocycles. The van der Waals surface area contributed by atoms with Gasteiger partial charge in [0.2, 0.25) is 0 Å². The van der Waals surface area contributed by atoms with Crippen molar-refractivity contribution in [3.63, 3.8) is 0 Å². The summed E-state index contributed by atoms with van der Waals surface area (Å²) in [5.41, 5.74) is 3.47. The van der Waals surface area contributed by atoms with Crippen LogP contribution in [0, 0.1) is 11.6 Å². The standard InChI is InChI=1S/C21H20Cl2F2N4O/c1-12(27-16-4-5-17(22)18(23)11-16)20(30)28-29-19(6-7-26-29)21(2,3)13-8-14(24)10-15(25)9-13/h4-12,27H,1-3H3,(H,28,30). The third-order valence-electron chi connectivity index (χ3n) is 4.78. The molecule has 1 unspecified atom stereocenters. The quantitative estimate of drug-likeness (QED) is 0.528. The lowest BCUT2D eigenvalue weighted by molar-refractivity contribution is -0.117. The van der Waals surface area contributed by atoms with Gasteiger partial charge in [0.05, 0.1) is 21.9 Å². The summed E-state index contributed by atoms with van der Waals surface area (Å²) in [5, 5.41) is 7.95. The predicted octanol–water partition coefficient (Wildman–Crippen LogP) is 5.36. The fourth-order valence-electron chi connectivity index (χ4n) is 3.03. The molecule has 0 fully saturated rings. The Labute approximate surface area is 183 Å². The Balaban J connectivity index is 1.79. The van der Waals surface area contributed by atoms with Crippen LogP contribution in [0.5, 0.6) is 0 Å². The van der Waals surface area contributed by atoms with Crippen molar-refractivity contribution in [2.24, 2.45) is 0 Å². The zero-order chi connectivity index (χ0) is 22.1. The third-order valence-corrected chi connectivity index (χ3v) is 5.52. The Hall–Kier alpha value is -2.64. The molecule has 0 spiro atoms. The van der Waals surface area contributed by atoms with Crippen molar-refractivity contribution in [2.75, 3.05) is 10.7 Å². The normalized spacial score (nSPS) is 12.5. The molecule has 2 aromatic carbocycles. The topological polar surface area (TPSA) is 59.0 Å². The maximum Gasteiger partial charge on any atom is 0.262 e. The summed E-state index contributed by atoms with van der Waals surface area (Å²) in [4.78, 5) is 14.0. The number of halogens is 4. The van der Waals surface area contributed by atoms with Crippen LogP contribution in [0.2, 0.25) is 10.0 Å². The van der Waals surface area contributed by atoms with Gasteiger partial charge in [0.15, 0.2) is 0 Å². The van der Waals surface area contributed by atoms with E-state index in [2.05, 4.69) is 15.8 Å². The van der Waals surface area contributed by atoms with Crippen LogP contribution >= 0.6 is 23.2 Å². The molecule has 0 radical (unpaired) electrons. The number of hydrogen-bond donors (Lipinski definition) is 2. The van der Waals surface area contributed by atoms with Crippen LogP contribution in [0.1, 0.15) is 32.0 Å². The summed E-state index contributed by atoms with van der Waals surface area (Å²) in [6.45, 7) is 5.25. The number of amides is 1. The molecule has 0 aliphatic rings. The number of anilines is 1. The van der Waals surface area contributed by atoms with Crippen LogP contribution in [-0.2, 0) is 10.2 Å². The Morgan fingerprint density at radius 1 is 1.07 bits per heavy atom. The number of benzene rings is 2. The molecule has 158 valence electrons. The zero-order valence-corrected chi connectivity index (χ0v) is 18.0. The molecule has 2 N–H and O–H groups in total. The molecule has 0 saturated heterocycles. The van der Waals surface area contributed by atoms with E-state index in [4.69, 9.17) is 23.2 Å². The van der Waals surface area contributed by atoms with Gasteiger partial charge in [0.25, 0.3) is 5.91 Å². The fraction of sp³-hybridized carbons (Fsp3) is 0.238. The first-order chi connectivity index (χ1) is 14.1. The third kappa shape index (κ3) is 4.74. The molecule has 1 atom stereocenters. The lowest BCUT2D eigenvalue weighted by atomic mass is 9.81. The van der Waals surface area contributed by atoms with E-state index in [0.717, 1.165) is 6.07 Å². The fourth-order valence-corrected chi connectivity index (χ4v) is 3.33. The van der Waals surface area contributed by atoms with E-state index in [-0.39, 0.29) is 5.91 Å². The van der Waals surface area contributed by atoms with Gasteiger partial charge in [-0.15, -0.1) is 0 Å². The second kappa shape index (κ2) is 8.62. The van der Waals surface area contributed by atoms with E-state index in [1.807, 2.05) is 0 Å². The van der Waals surface area contributed by atoms with Crippen LogP contribution in [-0.4, -0.2) is 21.8 Å². The minimum absolute atomic E-state index is 0.368. The molecule has 1 amide bonds. The van der Waals surface area contributed by atoms with E-state index in [0.29, 0.717) is 27.0 Å². The first-order valence-electron chi connectivity index (χ1n) is 9.11. The molecule has 3 rings (SSSR count).